The number of likely N-dealkylation sites (tertiary alicyclic amines) is 1. The molecule has 0 unspecified atom stereocenters. The van der Waals surface area contributed by atoms with Crippen LogP contribution in [0.5, 0.6) is 0 Å². The first-order valence-corrected chi connectivity index (χ1v) is 9.29. The van der Waals surface area contributed by atoms with Gasteiger partial charge in [0.15, 0.2) is 0 Å². The van der Waals surface area contributed by atoms with Crippen molar-refractivity contribution in [1.29, 1.82) is 0 Å². The number of rotatable bonds is 1. The fourth-order valence-corrected chi connectivity index (χ4v) is 3.96. The van der Waals surface area contributed by atoms with Gasteiger partial charge in [0, 0.05) is 26.2 Å². The van der Waals surface area contributed by atoms with Gasteiger partial charge < -0.3 is 9.64 Å². The van der Waals surface area contributed by atoms with Gasteiger partial charge in [-0.05, 0) is 45.4 Å². The van der Waals surface area contributed by atoms with Gasteiger partial charge in [0.05, 0.1) is 6.26 Å². The summed E-state index contributed by atoms with van der Waals surface area (Å²) >= 11 is 0. The largest absolute Gasteiger partial charge is 0.444 e. The molecule has 1 spiro atoms. The molecule has 2 aliphatic rings. The zero-order valence-electron chi connectivity index (χ0n) is 13.4. The molecule has 2 rings (SSSR count). The van der Waals surface area contributed by atoms with Crippen molar-refractivity contribution in [3.63, 3.8) is 0 Å². The van der Waals surface area contributed by atoms with Gasteiger partial charge in [-0.15, -0.1) is 0 Å². The summed E-state index contributed by atoms with van der Waals surface area (Å²) in [6.07, 6.45) is 3.57. The minimum absolute atomic E-state index is 0.0676. The molecule has 0 N–H and O–H groups in total. The van der Waals surface area contributed by atoms with E-state index in [9.17, 15) is 13.2 Å². The molecule has 0 radical (unpaired) electrons. The van der Waals surface area contributed by atoms with E-state index in [-0.39, 0.29) is 11.5 Å². The molecule has 2 saturated heterocycles. The van der Waals surface area contributed by atoms with Crippen LogP contribution in [0.1, 0.15) is 40.0 Å². The van der Waals surface area contributed by atoms with Gasteiger partial charge in [-0.2, -0.15) is 0 Å². The summed E-state index contributed by atoms with van der Waals surface area (Å²) in [5.41, 5.74) is -0.412. The molecule has 0 atom stereocenters. The zero-order valence-corrected chi connectivity index (χ0v) is 14.2. The number of hydrogen-bond donors (Lipinski definition) is 0. The molecule has 2 heterocycles. The Morgan fingerprint density at radius 2 is 1.62 bits per heavy atom. The summed E-state index contributed by atoms with van der Waals surface area (Å²) < 4.78 is 30.1. The molecule has 0 aliphatic carbocycles. The van der Waals surface area contributed by atoms with E-state index in [0.717, 1.165) is 19.3 Å². The fraction of sp³-hybridized carbons (Fsp3) is 0.929. The summed E-state index contributed by atoms with van der Waals surface area (Å²) in [6.45, 7) is 8.08. The third-order valence-electron chi connectivity index (χ3n) is 4.34. The van der Waals surface area contributed by atoms with Crippen LogP contribution in [-0.2, 0) is 14.8 Å². The molecule has 0 aromatic rings. The molecule has 21 heavy (non-hydrogen) atoms. The first kappa shape index (κ1) is 16.5. The number of hydrogen-bond acceptors (Lipinski definition) is 4. The Bertz CT molecular complexity index is 502. The topological polar surface area (TPSA) is 66.9 Å². The molecular weight excluding hydrogens is 292 g/mol. The van der Waals surface area contributed by atoms with Crippen molar-refractivity contribution in [3.8, 4) is 0 Å². The maximum Gasteiger partial charge on any atom is 0.410 e. The zero-order chi connectivity index (χ0) is 15.9. The Morgan fingerprint density at radius 1 is 1.10 bits per heavy atom. The SMILES string of the molecule is CC(C)(C)OC(=O)N1CCC2(CCN(S(C)(=O)=O)CC2)C1. The highest BCUT2D eigenvalue weighted by Gasteiger charge is 2.44. The van der Waals surface area contributed by atoms with E-state index in [4.69, 9.17) is 4.74 Å². The minimum Gasteiger partial charge on any atom is -0.444 e. The van der Waals surface area contributed by atoms with Crippen LogP contribution in [0.2, 0.25) is 0 Å². The lowest BCUT2D eigenvalue weighted by molar-refractivity contribution is 0.0258. The second-order valence-electron chi connectivity index (χ2n) is 7.31. The first-order valence-electron chi connectivity index (χ1n) is 7.44. The van der Waals surface area contributed by atoms with E-state index in [1.54, 1.807) is 4.90 Å². The van der Waals surface area contributed by atoms with Crippen LogP contribution in [0, 0.1) is 5.41 Å². The van der Waals surface area contributed by atoms with Crippen LogP contribution < -0.4 is 0 Å². The van der Waals surface area contributed by atoms with Gasteiger partial charge in [0.2, 0.25) is 10.0 Å². The number of sulfonamides is 1. The third-order valence-corrected chi connectivity index (χ3v) is 5.65. The van der Waals surface area contributed by atoms with Crippen molar-refractivity contribution in [1.82, 2.24) is 9.21 Å². The summed E-state index contributed by atoms with van der Waals surface area (Å²) in [6, 6.07) is 0. The third kappa shape index (κ3) is 4.10. The minimum atomic E-state index is -3.10. The summed E-state index contributed by atoms with van der Waals surface area (Å²) in [4.78, 5) is 13.9. The van der Waals surface area contributed by atoms with E-state index >= 15 is 0 Å². The van der Waals surface area contributed by atoms with Crippen molar-refractivity contribution in [2.75, 3.05) is 32.4 Å². The maximum atomic E-state index is 12.1. The lowest BCUT2D eigenvalue weighted by Gasteiger charge is -2.38. The average molecular weight is 318 g/mol. The number of piperidine rings is 1. The van der Waals surface area contributed by atoms with Crippen molar-refractivity contribution < 1.29 is 17.9 Å². The molecule has 0 aromatic carbocycles. The van der Waals surface area contributed by atoms with E-state index < -0.39 is 15.6 Å². The van der Waals surface area contributed by atoms with E-state index in [0.29, 0.717) is 26.2 Å². The summed E-state index contributed by atoms with van der Waals surface area (Å²) in [5, 5.41) is 0. The molecule has 2 fully saturated rings. The molecule has 1 amide bonds. The molecule has 0 aromatic heterocycles. The molecule has 6 nitrogen and oxygen atoms in total. The van der Waals surface area contributed by atoms with E-state index in [1.807, 2.05) is 20.8 Å². The van der Waals surface area contributed by atoms with Gasteiger partial charge in [-0.1, -0.05) is 0 Å². The molecule has 7 heteroatoms. The van der Waals surface area contributed by atoms with Crippen LogP contribution in [0.25, 0.3) is 0 Å². The van der Waals surface area contributed by atoms with Crippen LogP contribution >= 0.6 is 0 Å². The average Bonchev–Trinajstić information content (AvgIpc) is 2.70. The smallest absolute Gasteiger partial charge is 0.410 e. The standard InChI is InChI=1S/C14H26N2O4S/c1-13(2,3)20-12(17)15-8-5-14(11-15)6-9-16(10-7-14)21(4,18)19/h5-11H2,1-4H3. The van der Waals surface area contributed by atoms with Crippen molar-refractivity contribution in [2.24, 2.45) is 5.41 Å². The van der Waals surface area contributed by atoms with Crippen molar-refractivity contribution in [3.05, 3.63) is 0 Å². The Labute approximate surface area is 127 Å². The molecule has 2 aliphatic heterocycles. The first-order chi connectivity index (χ1) is 9.51. The number of carbonyl (C=O) groups is 1. The highest BCUT2D eigenvalue weighted by atomic mass is 32.2. The summed E-state index contributed by atoms with van der Waals surface area (Å²) in [5.74, 6) is 0. The van der Waals surface area contributed by atoms with Crippen LogP contribution in [-0.4, -0.2) is 61.8 Å². The van der Waals surface area contributed by atoms with Gasteiger partial charge in [0.1, 0.15) is 5.60 Å². The van der Waals surface area contributed by atoms with E-state index in [2.05, 4.69) is 0 Å². The fourth-order valence-electron chi connectivity index (χ4n) is 3.12. The summed E-state index contributed by atoms with van der Waals surface area (Å²) in [7, 11) is -3.10. The predicted molar refractivity (Wildman–Crippen MR) is 80.5 cm³/mol. The second-order valence-corrected chi connectivity index (χ2v) is 9.30. The molecule has 0 saturated carbocycles. The Balaban J connectivity index is 1.93. The van der Waals surface area contributed by atoms with Gasteiger partial charge in [0.25, 0.3) is 0 Å². The quantitative estimate of drug-likeness (QED) is 0.737. The number of amides is 1. The van der Waals surface area contributed by atoms with Crippen molar-refractivity contribution in [2.45, 2.75) is 45.6 Å². The number of carbonyl (C=O) groups excluding carboxylic acids is 1. The van der Waals surface area contributed by atoms with Crippen molar-refractivity contribution >= 4 is 16.1 Å². The van der Waals surface area contributed by atoms with Gasteiger partial charge in [-0.25, -0.2) is 17.5 Å². The maximum absolute atomic E-state index is 12.1. The van der Waals surface area contributed by atoms with Crippen LogP contribution in [0.15, 0.2) is 0 Å². The van der Waals surface area contributed by atoms with Gasteiger partial charge in [-0.3, -0.25) is 0 Å². The van der Waals surface area contributed by atoms with Crippen LogP contribution in [0.4, 0.5) is 4.79 Å². The normalized spacial score (nSPS) is 23.5. The highest BCUT2D eigenvalue weighted by molar-refractivity contribution is 7.88. The molecular formula is C14H26N2O4S. The number of nitrogens with zero attached hydrogens (tertiary/aromatic N) is 2. The highest BCUT2D eigenvalue weighted by Crippen LogP contribution is 2.41. The Hall–Kier alpha value is -0.820. The lowest BCUT2D eigenvalue weighted by atomic mass is 9.78. The van der Waals surface area contributed by atoms with Gasteiger partial charge >= 0.3 is 6.09 Å². The van der Waals surface area contributed by atoms with Crippen LogP contribution in [0.3, 0.4) is 0 Å². The molecule has 0 bridgehead atoms. The predicted octanol–water partition coefficient (Wildman–Crippen LogP) is 1.67. The second kappa shape index (κ2) is 5.43. The Kier molecular flexibility index (Phi) is 4.28. The molecule has 122 valence electrons. The Morgan fingerprint density at radius 3 is 2.10 bits per heavy atom. The lowest BCUT2D eigenvalue weighted by Crippen LogP contribution is -2.44. The number of ether oxygens (including phenoxy) is 1. The van der Waals surface area contributed by atoms with E-state index in [1.165, 1.54) is 10.6 Å². The monoisotopic (exact) mass is 318 g/mol.